The lowest BCUT2D eigenvalue weighted by atomic mass is 10.0. The first-order valence-electron chi connectivity index (χ1n) is 6.20. The zero-order valence-electron chi connectivity index (χ0n) is 11.4. The average Bonchev–Trinajstić information content (AvgIpc) is 2.46. The standard InChI is InChI=1S/C13H14F5NO3/c1-2-21-11(20)9(14)10(19)7-5-3-4-6-8(7)22-13(17,18)12(15)16/h3-6,9-10,12H,2,19H2,1H3/t9?,10-/m1/s1. The first-order chi connectivity index (χ1) is 10.2. The molecule has 1 aromatic rings. The van der Waals surface area contributed by atoms with E-state index >= 15 is 0 Å². The average molecular weight is 327 g/mol. The largest absolute Gasteiger partial charge is 0.464 e. The summed E-state index contributed by atoms with van der Waals surface area (Å²) in [6.45, 7) is 1.34. The maximum absolute atomic E-state index is 13.8. The number of carbonyl (C=O) groups excluding carboxylic acids is 1. The summed E-state index contributed by atoms with van der Waals surface area (Å²) < 4.78 is 72.4. The fourth-order valence-electron chi connectivity index (χ4n) is 1.57. The molecule has 0 aliphatic carbocycles. The summed E-state index contributed by atoms with van der Waals surface area (Å²) in [7, 11) is 0. The van der Waals surface area contributed by atoms with Crippen molar-refractivity contribution in [3.63, 3.8) is 0 Å². The van der Waals surface area contributed by atoms with Crippen LogP contribution in [-0.4, -0.2) is 31.3 Å². The van der Waals surface area contributed by atoms with Crippen LogP contribution in [0.2, 0.25) is 0 Å². The second-order valence-corrected chi connectivity index (χ2v) is 4.18. The molecule has 0 saturated heterocycles. The monoisotopic (exact) mass is 327 g/mol. The number of hydrogen-bond acceptors (Lipinski definition) is 4. The Hall–Kier alpha value is -1.90. The van der Waals surface area contributed by atoms with E-state index in [-0.39, 0.29) is 12.2 Å². The molecule has 0 heterocycles. The third-order valence-corrected chi connectivity index (χ3v) is 2.61. The van der Waals surface area contributed by atoms with Gasteiger partial charge in [-0.3, -0.25) is 0 Å². The lowest BCUT2D eigenvalue weighted by Crippen LogP contribution is -2.35. The van der Waals surface area contributed by atoms with Crippen molar-refractivity contribution in [2.45, 2.75) is 31.7 Å². The minimum absolute atomic E-state index is 0.104. The Labute approximate surface area is 123 Å². The fourth-order valence-corrected chi connectivity index (χ4v) is 1.57. The second-order valence-electron chi connectivity index (χ2n) is 4.18. The van der Waals surface area contributed by atoms with Crippen LogP contribution in [0.25, 0.3) is 0 Å². The third kappa shape index (κ3) is 4.30. The van der Waals surface area contributed by atoms with Crippen molar-refractivity contribution in [3.05, 3.63) is 29.8 Å². The molecule has 124 valence electrons. The van der Waals surface area contributed by atoms with E-state index in [9.17, 15) is 26.7 Å². The van der Waals surface area contributed by atoms with Crippen LogP contribution < -0.4 is 10.5 Å². The van der Waals surface area contributed by atoms with Crippen molar-refractivity contribution in [3.8, 4) is 5.75 Å². The number of carbonyl (C=O) groups is 1. The number of benzene rings is 1. The molecular formula is C13H14F5NO3. The Morgan fingerprint density at radius 3 is 2.41 bits per heavy atom. The molecule has 4 nitrogen and oxygen atoms in total. The zero-order valence-corrected chi connectivity index (χ0v) is 11.4. The molecule has 0 aliphatic rings. The van der Waals surface area contributed by atoms with Gasteiger partial charge in [0.2, 0.25) is 6.17 Å². The minimum atomic E-state index is -4.77. The van der Waals surface area contributed by atoms with Crippen LogP contribution in [0, 0.1) is 0 Å². The Morgan fingerprint density at radius 2 is 1.86 bits per heavy atom. The summed E-state index contributed by atoms with van der Waals surface area (Å²) in [5.41, 5.74) is 5.12. The van der Waals surface area contributed by atoms with Crippen molar-refractivity contribution in [1.82, 2.24) is 0 Å². The Morgan fingerprint density at radius 1 is 1.27 bits per heavy atom. The van der Waals surface area contributed by atoms with Gasteiger partial charge in [0.15, 0.2) is 0 Å². The van der Waals surface area contributed by atoms with Crippen molar-refractivity contribution >= 4 is 5.97 Å². The van der Waals surface area contributed by atoms with Gasteiger partial charge in [-0.2, -0.15) is 17.6 Å². The summed E-state index contributed by atoms with van der Waals surface area (Å²) in [6, 6.07) is 2.82. The normalized spacial score (nSPS) is 14.5. The van der Waals surface area contributed by atoms with Gasteiger partial charge in [-0.25, -0.2) is 9.18 Å². The van der Waals surface area contributed by atoms with Crippen LogP contribution in [0.4, 0.5) is 22.0 Å². The van der Waals surface area contributed by atoms with Crippen LogP contribution in [0.5, 0.6) is 5.75 Å². The number of esters is 1. The van der Waals surface area contributed by atoms with E-state index in [1.807, 2.05) is 0 Å². The van der Waals surface area contributed by atoms with E-state index in [0.29, 0.717) is 0 Å². The van der Waals surface area contributed by atoms with E-state index in [1.165, 1.54) is 19.1 Å². The molecule has 9 heteroatoms. The molecule has 0 spiro atoms. The molecule has 2 N–H and O–H groups in total. The van der Waals surface area contributed by atoms with Gasteiger partial charge >= 0.3 is 18.5 Å². The number of ether oxygens (including phenoxy) is 2. The molecule has 1 aromatic carbocycles. The molecule has 22 heavy (non-hydrogen) atoms. The molecular weight excluding hydrogens is 313 g/mol. The molecule has 0 saturated carbocycles. The maximum Gasteiger partial charge on any atom is 0.461 e. The van der Waals surface area contributed by atoms with Crippen LogP contribution in [-0.2, 0) is 9.53 Å². The second kappa shape index (κ2) is 7.39. The lowest BCUT2D eigenvalue weighted by Gasteiger charge is -2.22. The van der Waals surface area contributed by atoms with Crippen LogP contribution in [0.1, 0.15) is 18.5 Å². The number of nitrogens with two attached hydrogens (primary N) is 1. The van der Waals surface area contributed by atoms with E-state index < -0.39 is 36.5 Å². The predicted molar refractivity (Wildman–Crippen MR) is 66.5 cm³/mol. The van der Waals surface area contributed by atoms with Crippen LogP contribution >= 0.6 is 0 Å². The minimum Gasteiger partial charge on any atom is -0.464 e. The van der Waals surface area contributed by atoms with E-state index in [4.69, 9.17) is 5.73 Å². The first kappa shape index (κ1) is 18.1. The number of alkyl halides is 5. The smallest absolute Gasteiger partial charge is 0.461 e. The van der Waals surface area contributed by atoms with E-state index in [1.54, 1.807) is 0 Å². The quantitative estimate of drug-likeness (QED) is 0.618. The van der Waals surface area contributed by atoms with Gasteiger partial charge in [0.25, 0.3) is 0 Å². The Bertz CT molecular complexity index is 512. The molecule has 1 rings (SSSR count). The van der Waals surface area contributed by atoms with Gasteiger partial charge in [0, 0.05) is 5.56 Å². The van der Waals surface area contributed by atoms with Crippen molar-refractivity contribution in [2.75, 3.05) is 6.61 Å². The summed E-state index contributed by atoms with van der Waals surface area (Å²) in [4.78, 5) is 11.3. The number of halogens is 5. The maximum atomic E-state index is 13.8. The Balaban J connectivity index is 3.03. The van der Waals surface area contributed by atoms with Gasteiger partial charge in [-0.15, -0.1) is 0 Å². The molecule has 0 radical (unpaired) electrons. The highest BCUT2D eigenvalue weighted by Gasteiger charge is 2.45. The molecule has 1 unspecified atom stereocenters. The zero-order chi connectivity index (χ0) is 16.9. The predicted octanol–water partition coefficient (Wildman–Crippen LogP) is 2.82. The van der Waals surface area contributed by atoms with Gasteiger partial charge in [-0.1, -0.05) is 18.2 Å². The van der Waals surface area contributed by atoms with Crippen molar-refractivity contribution in [1.29, 1.82) is 0 Å². The van der Waals surface area contributed by atoms with Gasteiger partial charge in [-0.05, 0) is 13.0 Å². The van der Waals surface area contributed by atoms with Gasteiger partial charge in [0.05, 0.1) is 12.6 Å². The highest BCUT2D eigenvalue weighted by atomic mass is 19.3. The Kier molecular flexibility index (Phi) is 6.10. The molecule has 0 fully saturated rings. The topological polar surface area (TPSA) is 61.5 Å². The fraction of sp³-hybridized carbons (Fsp3) is 0.462. The first-order valence-corrected chi connectivity index (χ1v) is 6.20. The highest BCUT2D eigenvalue weighted by molar-refractivity contribution is 5.76. The number of hydrogen-bond donors (Lipinski definition) is 1. The molecule has 0 bridgehead atoms. The highest BCUT2D eigenvalue weighted by Crippen LogP contribution is 2.33. The molecule has 0 amide bonds. The number of para-hydroxylation sites is 1. The van der Waals surface area contributed by atoms with E-state index in [0.717, 1.165) is 12.1 Å². The SMILES string of the molecule is CCOC(=O)C(F)[C@H](N)c1ccccc1OC(F)(F)C(F)F. The van der Waals surface area contributed by atoms with Gasteiger partial charge < -0.3 is 15.2 Å². The molecule has 0 aromatic heterocycles. The summed E-state index contributed by atoms with van der Waals surface area (Å²) in [6.07, 6.45) is -11.2. The van der Waals surface area contributed by atoms with Gasteiger partial charge in [0.1, 0.15) is 5.75 Å². The van der Waals surface area contributed by atoms with Crippen LogP contribution in [0.15, 0.2) is 24.3 Å². The van der Waals surface area contributed by atoms with Crippen molar-refractivity contribution < 1.29 is 36.2 Å². The summed E-state index contributed by atoms with van der Waals surface area (Å²) in [5.74, 6) is -2.03. The van der Waals surface area contributed by atoms with Crippen molar-refractivity contribution in [2.24, 2.45) is 5.73 Å². The van der Waals surface area contributed by atoms with E-state index in [2.05, 4.69) is 9.47 Å². The molecule has 0 aliphatic heterocycles. The lowest BCUT2D eigenvalue weighted by molar-refractivity contribution is -0.253. The summed E-state index contributed by atoms with van der Waals surface area (Å²) in [5, 5.41) is 0. The third-order valence-electron chi connectivity index (χ3n) is 2.61. The van der Waals surface area contributed by atoms with Crippen LogP contribution in [0.3, 0.4) is 0 Å². The number of rotatable bonds is 7. The molecule has 2 atom stereocenters. The summed E-state index contributed by atoms with van der Waals surface area (Å²) >= 11 is 0.